The molecule has 1 aromatic heterocycles. The standard InChI is InChI=1S/C21H24ClFN4O2S/c1-4-11-30-26-17-6-5-14(23)20(19(17)22)25-15-7-8-16-18(13(15)2)21(28)27(12-24-16)9-10-29-3/h5-8,12,25-26H,4,9-11H2,1-3H3. The first-order valence-corrected chi connectivity index (χ1v) is 10.9. The van der Waals surface area contributed by atoms with Crippen LogP contribution >= 0.6 is 23.5 Å². The third-order valence-electron chi connectivity index (χ3n) is 4.63. The maximum atomic E-state index is 14.6. The van der Waals surface area contributed by atoms with Crippen LogP contribution in [0.15, 0.2) is 35.4 Å². The van der Waals surface area contributed by atoms with E-state index in [-0.39, 0.29) is 16.3 Å². The Morgan fingerprint density at radius 3 is 2.77 bits per heavy atom. The lowest BCUT2D eigenvalue weighted by molar-refractivity contribution is 0.186. The molecule has 2 N–H and O–H groups in total. The van der Waals surface area contributed by atoms with Gasteiger partial charge in [-0.05, 0) is 43.2 Å². The normalized spacial score (nSPS) is 11.1. The Labute approximate surface area is 183 Å². The number of hydrogen-bond donors (Lipinski definition) is 2. The molecule has 0 unspecified atom stereocenters. The zero-order chi connectivity index (χ0) is 21.7. The van der Waals surface area contributed by atoms with Gasteiger partial charge < -0.3 is 14.8 Å². The Hall–Kier alpha value is -2.29. The van der Waals surface area contributed by atoms with E-state index in [1.165, 1.54) is 28.9 Å². The number of rotatable bonds is 9. The van der Waals surface area contributed by atoms with Gasteiger partial charge in [0.15, 0.2) is 0 Å². The predicted molar refractivity (Wildman–Crippen MR) is 124 cm³/mol. The summed E-state index contributed by atoms with van der Waals surface area (Å²) in [6, 6.07) is 6.47. The van der Waals surface area contributed by atoms with Crippen LogP contribution in [0.3, 0.4) is 0 Å². The molecule has 0 atom stereocenters. The quantitative estimate of drug-likeness (QED) is 0.338. The van der Waals surface area contributed by atoms with Gasteiger partial charge in [-0.15, -0.1) is 0 Å². The summed E-state index contributed by atoms with van der Waals surface area (Å²) in [5, 5.41) is 3.79. The second-order valence-electron chi connectivity index (χ2n) is 6.73. The SMILES string of the molecule is CCCSNc1ccc(F)c(Nc2ccc3ncn(CCOC)c(=O)c3c2C)c1Cl. The molecular weight excluding hydrogens is 427 g/mol. The molecule has 3 aromatic rings. The first kappa shape index (κ1) is 22.4. The topological polar surface area (TPSA) is 68.2 Å². The minimum Gasteiger partial charge on any atom is -0.383 e. The molecule has 0 saturated carbocycles. The van der Waals surface area contributed by atoms with Crippen molar-refractivity contribution in [2.75, 3.05) is 29.5 Å². The molecule has 3 rings (SSSR count). The lowest BCUT2D eigenvalue weighted by Crippen LogP contribution is -2.23. The van der Waals surface area contributed by atoms with E-state index >= 15 is 0 Å². The fraction of sp³-hybridized carbons (Fsp3) is 0.333. The van der Waals surface area contributed by atoms with Gasteiger partial charge in [0.1, 0.15) is 5.82 Å². The van der Waals surface area contributed by atoms with Gasteiger partial charge in [0.05, 0.1) is 46.8 Å². The molecule has 0 radical (unpaired) electrons. The van der Waals surface area contributed by atoms with E-state index in [9.17, 15) is 9.18 Å². The van der Waals surface area contributed by atoms with Crippen LogP contribution in [-0.4, -0.2) is 29.0 Å². The van der Waals surface area contributed by atoms with E-state index in [2.05, 4.69) is 21.9 Å². The summed E-state index contributed by atoms with van der Waals surface area (Å²) in [5.41, 5.74) is 2.45. The Morgan fingerprint density at radius 2 is 2.03 bits per heavy atom. The van der Waals surface area contributed by atoms with Crippen molar-refractivity contribution in [2.24, 2.45) is 0 Å². The molecule has 9 heteroatoms. The summed E-state index contributed by atoms with van der Waals surface area (Å²) < 4.78 is 24.3. The van der Waals surface area contributed by atoms with Gasteiger partial charge in [-0.3, -0.25) is 9.36 Å². The largest absolute Gasteiger partial charge is 0.383 e. The maximum Gasteiger partial charge on any atom is 0.261 e. The fourth-order valence-electron chi connectivity index (χ4n) is 3.00. The second kappa shape index (κ2) is 10.1. The van der Waals surface area contributed by atoms with Crippen LogP contribution in [0.25, 0.3) is 10.9 Å². The highest BCUT2D eigenvalue weighted by Crippen LogP contribution is 2.37. The Bertz CT molecular complexity index is 1110. The van der Waals surface area contributed by atoms with Gasteiger partial charge in [-0.1, -0.05) is 30.5 Å². The molecule has 0 bridgehead atoms. The van der Waals surface area contributed by atoms with Gasteiger partial charge in [0.2, 0.25) is 0 Å². The number of fused-ring (bicyclic) bond motifs is 1. The van der Waals surface area contributed by atoms with Gasteiger partial charge in [0.25, 0.3) is 5.56 Å². The highest BCUT2D eigenvalue weighted by molar-refractivity contribution is 8.00. The lowest BCUT2D eigenvalue weighted by Gasteiger charge is -2.16. The maximum absolute atomic E-state index is 14.6. The van der Waals surface area contributed by atoms with Crippen LogP contribution in [0, 0.1) is 12.7 Å². The molecule has 0 aliphatic heterocycles. The number of halogens is 2. The molecule has 0 fully saturated rings. The average molecular weight is 451 g/mol. The Balaban J connectivity index is 2.00. The van der Waals surface area contributed by atoms with Crippen LogP contribution in [0.4, 0.5) is 21.5 Å². The van der Waals surface area contributed by atoms with Crippen LogP contribution in [-0.2, 0) is 11.3 Å². The number of aromatic nitrogens is 2. The first-order chi connectivity index (χ1) is 14.5. The van der Waals surface area contributed by atoms with Crippen LogP contribution in [0.5, 0.6) is 0 Å². The van der Waals surface area contributed by atoms with Crippen LogP contribution < -0.4 is 15.6 Å². The van der Waals surface area contributed by atoms with Crippen LogP contribution in [0.2, 0.25) is 5.02 Å². The van der Waals surface area contributed by atoms with E-state index in [0.29, 0.717) is 41.0 Å². The van der Waals surface area contributed by atoms with Gasteiger partial charge in [-0.25, -0.2) is 9.37 Å². The summed E-state index contributed by atoms with van der Waals surface area (Å²) in [6.07, 6.45) is 2.52. The first-order valence-electron chi connectivity index (χ1n) is 9.58. The smallest absolute Gasteiger partial charge is 0.261 e. The third-order valence-corrected chi connectivity index (χ3v) is 6.00. The van der Waals surface area contributed by atoms with E-state index in [1.54, 1.807) is 32.2 Å². The summed E-state index contributed by atoms with van der Waals surface area (Å²) in [4.78, 5) is 17.3. The van der Waals surface area contributed by atoms with E-state index in [4.69, 9.17) is 16.3 Å². The molecule has 0 spiro atoms. The molecule has 6 nitrogen and oxygen atoms in total. The number of benzene rings is 2. The monoisotopic (exact) mass is 450 g/mol. The van der Waals surface area contributed by atoms with Crippen molar-refractivity contribution in [1.82, 2.24) is 9.55 Å². The summed E-state index contributed by atoms with van der Waals surface area (Å²) in [7, 11) is 1.58. The fourth-order valence-corrected chi connectivity index (χ4v) is 3.93. The van der Waals surface area contributed by atoms with Crippen molar-refractivity contribution >= 4 is 51.5 Å². The zero-order valence-corrected chi connectivity index (χ0v) is 18.7. The van der Waals surface area contributed by atoms with E-state index in [0.717, 1.165) is 12.2 Å². The highest BCUT2D eigenvalue weighted by atomic mass is 35.5. The molecule has 30 heavy (non-hydrogen) atoms. The number of nitrogens with one attached hydrogen (secondary N) is 2. The van der Waals surface area contributed by atoms with Crippen LogP contribution in [0.1, 0.15) is 18.9 Å². The summed E-state index contributed by atoms with van der Waals surface area (Å²) in [5.74, 6) is 0.428. The van der Waals surface area contributed by atoms with Gasteiger partial charge >= 0.3 is 0 Å². The molecule has 0 aliphatic rings. The van der Waals surface area contributed by atoms with Gasteiger partial charge in [-0.2, -0.15) is 0 Å². The lowest BCUT2D eigenvalue weighted by atomic mass is 10.1. The zero-order valence-electron chi connectivity index (χ0n) is 17.1. The van der Waals surface area contributed by atoms with Crippen molar-refractivity contribution < 1.29 is 9.13 Å². The number of ether oxygens (including phenoxy) is 1. The Kier molecular flexibility index (Phi) is 7.58. The molecule has 0 saturated heterocycles. The molecule has 1 heterocycles. The number of methoxy groups -OCH3 is 1. The molecule has 0 aliphatic carbocycles. The summed E-state index contributed by atoms with van der Waals surface area (Å²) in [6.45, 7) is 4.69. The van der Waals surface area contributed by atoms with Crippen molar-refractivity contribution in [3.63, 3.8) is 0 Å². The van der Waals surface area contributed by atoms with Crippen molar-refractivity contribution in [3.05, 3.63) is 57.3 Å². The minimum atomic E-state index is -0.478. The van der Waals surface area contributed by atoms with E-state index < -0.39 is 5.82 Å². The minimum absolute atomic E-state index is 0.157. The van der Waals surface area contributed by atoms with Crippen molar-refractivity contribution in [3.8, 4) is 0 Å². The highest BCUT2D eigenvalue weighted by Gasteiger charge is 2.16. The number of aryl methyl sites for hydroxylation is 1. The molecular formula is C21H24ClFN4O2S. The predicted octanol–water partition coefficient (Wildman–Crippen LogP) is 5.36. The molecule has 0 amide bonds. The number of hydrogen-bond acceptors (Lipinski definition) is 6. The molecule has 160 valence electrons. The Morgan fingerprint density at radius 1 is 1.27 bits per heavy atom. The van der Waals surface area contributed by atoms with Crippen molar-refractivity contribution in [2.45, 2.75) is 26.8 Å². The van der Waals surface area contributed by atoms with Crippen molar-refractivity contribution in [1.29, 1.82) is 0 Å². The second-order valence-corrected chi connectivity index (χ2v) is 8.01. The molecule has 2 aromatic carbocycles. The average Bonchev–Trinajstić information content (AvgIpc) is 2.73. The van der Waals surface area contributed by atoms with E-state index in [1.807, 2.05) is 0 Å². The summed E-state index contributed by atoms with van der Waals surface area (Å²) >= 11 is 7.97. The number of nitrogens with zero attached hydrogens (tertiary/aromatic N) is 2. The number of anilines is 3. The van der Waals surface area contributed by atoms with Gasteiger partial charge in [0, 0.05) is 18.6 Å². The third kappa shape index (κ3) is 4.71.